The first-order chi connectivity index (χ1) is 34.5. The van der Waals surface area contributed by atoms with Crippen molar-refractivity contribution in [2.75, 3.05) is 40.9 Å². The molecule has 2 N–H and O–H groups in total. The highest BCUT2D eigenvalue weighted by Gasteiger charge is 2.23. The summed E-state index contributed by atoms with van der Waals surface area (Å²) in [7, 11) is 1.27. The van der Waals surface area contributed by atoms with E-state index in [1.54, 1.807) is 6.08 Å². The molecule has 71 heavy (non-hydrogen) atoms. The van der Waals surface area contributed by atoms with Crippen LogP contribution < -0.4 is 10.2 Å². The van der Waals surface area contributed by atoms with Gasteiger partial charge in [0.25, 0.3) is 7.82 Å². The highest BCUT2D eigenvalue weighted by molar-refractivity contribution is 7.45. The van der Waals surface area contributed by atoms with Crippen LogP contribution in [0, 0.1) is 0 Å². The van der Waals surface area contributed by atoms with E-state index >= 15 is 0 Å². The average Bonchev–Trinajstić information content (AvgIpc) is 3.33. The number of rotatable bonds is 56. The molecule has 8 nitrogen and oxygen atoms in total. The number of likely N-dealkylation sites (N-methyl/N-ethyl adjacent to an activating group) is 1. The van der Waals surface area contributed by atoms with Crippen LogP contribution in [0.1, 0.15) is 290 Å². The standard InChI is InChI=1S/C62H119N2O6P/c1-6-8-10-12-14-16-18-20-22-24-25-26-27-28-29-30-31-32-33-34-35-36-37-38-39-40-42-44-46-48-50-52-54-56-62(66)63-60(59-70-71(67,68)69-58-57-64(3,4)5)61(65)55-53-51-49-47-45-43-41-23-21-19-17-15-13-11-9-7-2/h18,20,24-25,27-28,53,55,60-61,65H,6-17,19,21-23,26,29-52,54,56-59H2,1-5H3,(H-,63,66,67,68)/b20-18-,25-24-,28-27-,55-53+. The van der Waals surface area contributed by atoms with E-state index in [0.717, 1.165) is 51.4 Å². The van der Waals surface area contributed by atoms with Gasteiger partial charge in [-0.15, -0.1) is 0 Å². The lowest BCUT2D eigenvalue weighted by molar-refractivity contribution is -0.870. The number of nitrogens with one attached hydrogen (secondary N) is 1. The molecule has 3 unspecified atom stereocenters. The molecule has 0 saturated carbocycles. The number of quaternary nitrogens is 1. The number of aliphatic hydroxyl groups is 1. The molecule has 0 aliphatic heterocycles. The Labute approximate surface area is 441 Å². The number of hydrogen-bond donors (Lipinski definition) is 2. The average molecular weight is 1020 g/mol. The number of carbonyl (C=O) groups excluding carboxylic acids is 1. The van der Waals surface area contributed by atoms with Crippen LogP contribution in [0.2, 0.25) is 0 Å². The van der Waals surface area contributed by atoms with Crippen LogP contribution in [0.3, 0.4) is 0 Å². The van der Waals surface area contributed by atoms with E-state index in [9.17, 15) is 19.4 Å². The number of phosphoric ester groups is 1. The summed E-state index contributed by atoms with van der Waals surface area (Å²) in [5.41, 5.74) is 0. The molecule has 0 aromatic heterocycles. The summed E-state index contributed by atoms with van der Waals surface area (Å²) >= 11 is 0. The van der Waals surface area contributed by atoms with E-state index < -0.39 is 20.0 Å². The van der Waals surface area contributed by atoms with Crippen LogP contribution in [0.5, 0.6) is 0 Å². The van der Waals surface area contributed by atoms with Gasteiger partial charge in [-0.3, -0.25) is 9.36 Å². The van der Waals surface area contributed by atoms with Gasteiger partial charge >= 0.3 is 0 Å². The first-order valence-electron chi connectivity index (χ1n) is 30.5. The molecule has 0 rings (SSSR count). The summed E-state index contributed by atoms with van der Waals surface area (Å²) in [5.74, 6) is -0.194. The quantitative estimate of drug-likeness (QED) is 0.0272. The van der Waals surface area contributed by atoms with Crippen LogP contribution in [0.15, 0.2) is 48.6 Å². The molecule has 0 aromatic rings. The number of unbranched alkanes of at least 4 members (excludes halogenated alkanes) is 37. The van der Waals surface area contributed by atoms with Gasteiger partial charge in [-0.1, -0.05) is 274 Å². The topological polar surface area (TPSA) is 108 Å². The zero-order valence-corrected chi connectivity index (χ0v) is 48.6. The lowest BCUT2D eigenvalue weighted by atomic mass is 10.0. The minimum Gasteiger partial charge on any atom is -0.756 e. The Kier molecular flexibility index (Phi) is 52.1. The van der Waals surface area contributed by atoms with Gasteiger partial charge in [0.05, 0.1) is 39.9 Å². The number of nitrogens with zero attached hydrogens (tertiary/aromatic N) is 1. The lowest BCUT2D eigenvalue weighted by Crippen LogP contribution is -2.45. The second-order valence-corrected chi connectivity index (χ2v) is 23.5. The van der Waals surface area contributed by atoms with Crippen molar-refractivity contribution in [1.29, 1.82) is 0 Å². The lowest BCUT2D eigenvalue weighted by Gasteiger charge is -2.29. The fourth-order valence-electron chi connectivity index (χ4n) is 8.99. The number of carbonyl (C=O) groups is 1. The van der Waals surface area contributed by atoms with Crippen LogP contribution in [0.4, 0.5) is 0 Å². The normalized spacial score (nSPS) is 14.2. The predicted molar refractivity (Wildman–Crippen MR) is 307 cm³/mol. The third kappa shape index (κ3) is 56.0. The second-order valence-electron chi connectivity index (χ2n) is 22.1. The van der Waals surface area contributed by atoms with Crippen LogP contribution in [-0.2, 0) is 18.4 Å². The number of aliphatic hydroxyl groups excluding tert-OH is 1. The summed E-state index contributed by atoms with van der Waals surface area (Å²) in [6, 6.07) is -0.886. The van der Waals surface area contributed by atoms with Gasteiger partial charge < -0.3 is 28.8 Å². The Morgan fingerprint density at radius 1 is 0.493 bits per heavy atom. The minimum absolute atomic E-state index is 0.000232. The molecule has 0 aromatic carbocycles. The largest absolute Gasteiger partial charge is 0.756 e. The van der Waals surface area contributed by atoms with Gasteiger partial charge in [-0.25, -0.2) is 0 Å². The summed E-state index contributed by atoms with van der Waals surface area (Å²) in [6.07, 6.45) is 70.5. The molecule has 0 aliphatic carbocycles. The third-order valence-corrected chi connectivity index (χ3v) is 14.7. The van der Waals surface area contributed by atoms with E-state index in [2.05, 4.69) is 55.6 Å². The molecule has 0 aliphatic rings. The van der Waals surface area contributed by atoms with Crippen LogP contribution in [0.25, 0.3) is 0 Å². The molecule has 0 heterocycles. The van der Waals surface area contributed by atoms with Crippen molar-refractivity contribution in [2.24, 2.45) is 0 Å². The van der Waals surface area contributed by atoms with Gasteiger partial charge in [-0.2, -0.15) is 0 Å². The molecule has 0 saturated heterocycles. The van der Waals surface area contributed by atoms with Crippen molar-refractivity contribution in [3.8, 4) is 0 Å². The Balaban J connectivity index is 4.05. The molecule has 9 heteroatoms. The smallest absolute Gasteiger partial charge is 0.268 e. The van der Waals surface area contributed by atoms with Gasteiger partial charge in [0.2, 0.25) is 5.91 Å². The third-order valence-electron chi connectivity index (χ3n) is 13.8. The fraction of sp³-hybridized carbons (Fsp3) is 0.855. The Bertz CT molecular complexity index is 1290. The van der Waals surface area contributed by atoms with Gasteiger partial charge in [-0.05, 0) is 57.8 Å². The van der Waals surface area contributed by atoms with E-state index in [0.29, 0.717) is 17.4 Å². The Morgan fingerprint density at radius 2 is 0.817 bits per heavy atom. The first-order valence-corrected chi connectivity index (χ1v) is 32.0. The van der Waals surface area contributed by atoms with E-state index in [1.807, 2.05) is 27.2 Å². The summed E-state index contributed by atoms with van der Waals surface area (Å²) in [4.78, 5) is 25.5. The number of hydrogen-bond acceptors (Lipinski definition) is 6. The predicted octanol–water partition coefficient (Wildman–Crippen LogP) is 18.1. The van der Waals surface area contributed by atoms with Crippen molar-refractivity contribution < 1.29 is 32.9 Å². The molecule has 3 atom stereocenters. The molecule has 0 bridgehead atoms. The van der Waals surface area contributed by atoms with Gasteiger partial charge in [0.1, 0.15) is 13.2 Å². The van der Waals surface area contributed by atoms with Crippen molar-refractivity contribution in [2.45, 2.75) is 302 Å². The molecule has 0 radical (unpaired) electrons. The molecule has 418 valence electrons. The number of phosphoric acid groups is 1. The second kappa shape index (κ2) is 53.3. The van der Waals surface area contributed by atoms with Crippen molar-refractivity contribution in [3.63, 3.8) is 0 Å². The van der Waals surface area contributed by atoms with E-state index in [4.69, 9.17) is 9.05 Å². The molecular formula is C62H119N2O6P. The van der Waals surface area contributed by atoms with E-state index in [1.165, 1.54) is 218 Å². The number of amides is 1. The van der Waals surface area contributed by atoms with Crippen LogP contribution in [-0.4, -0.2) is 68.5 Å². The van der Waals surface area contributed by atoms with Crippen molar-refractivity contribution >= 4 is 13.7 Å². The zero-order valence-electron chi connectivity index (χ0n) is 47.7. The SMILES string of the molecule is CCCCCCC/C=C\C/C=C\C/C=C\CCCCCCCCCCCCCCCCCCCCC(=O)NC(COP(=O)([O-])OCC[N+](C)(C)C)C(O)/C=C/CCCCCCCCCCCCCCCC. The van der Waals surface area contributed by atoms with Crippen molar-refractivity contribution in [3.05, 3.63) is 48.6 Å². The summed E-state index contributed by atoms with van der Waals surface area (Å²) in [5, 5.41) is 13.9. The molecule has 0 fully saturated rings. The maximum atomic E-state index is 13.0. The van der Waals surface area contributed by atoms with Gasteiger partial charge in [0.15, 0.2) is 0 Å². The summed E-state index contributed by atoms with van der Waals surface area (Å²) in [6.45, 7) is 4.66. The zero-order chi connectivity index (χ0) is 52.0. The monoisotopic (exact) mass is 1020 g/mol. The highest BCUT2D eigenvalue weighted by Crippen LogP contribution is 2.38. The van der Waals surface area contributed by atoms with Crippen molar-refractivity contribution in [1.82, 2.24) is 5.32 Å². The Morgan fingerprint density at radius 3 is 1.18 bits per heavy atom. The van der Waals surface area contributed by atoms with E-state index in [-0.39, 0.29) is 19.1 Å². The van der Waals surface area contributed by atoms with Gasteiger partial charge in [0, 0.05) is 6.42 Å². The fourth-order valence-corrected chi connectivity index (χ4v) is 9.71. The maximum Gasteiger partial charge on any atom is 0.268 e. The maximum absolute atomic E-state index is 13.0. The summed E-state index contributed by atoms with van der Waals surface area (Å²) < 4.78 is 23.4. The minimum atomic E-state index is -4.60. The van der Waals surface area contributed by atoms with Crippen LogP contribution >= 0.6 is 7.82 Å². The Hall–Kier alpha value is -1.54. The highest BCUT2D eigenvalue weighted by atomic mass is 31.2. The first kappa shape index (κ1) is 69.5. The molecule has 0 spiro atoms. The number of allylic oxidation sites excluding steroid dienone is 7. The molecule has 1 amide bonds. The molecular weight excluding hydrogens is 900 g/mol.